The van der Waals surface area contributed by atoms with Crippen molar-refractivity contribution in [3.05, 3.63) is 46.4 Å². The molecule has 1 fully saturated rings. The monoisotopic (exact) mass is 319 g/mol. The van der Waals surface area contributed by atoms with Crippen LogP contribution >= 0.6 is 15.9 Å². The molecule has 0 radical (unpaired) electrons. The largest absolute Gasteiger partial charge is 0.391 e. The molecule has 1 aliphatic heterocycles. The van der Waals surface area contributed by atoms with Crippen LogP contribution < -0.4 is 0 Å². The molecule has 1 atom stereocenters. The number of rotatable bonds is 1. The van der Waals surface area contributed by atoms with Gasteiger partial charge in [-0.25, -0.2) is 0 Å². The third-order valence-corrected chi connectivity index (χ3v) is 3.99. The molecule has 3 nitrogen and oxygen atoms in total. The number of aliphatic hydroxyl groups excluding tert-OH is 1. The summed E-state index contributed by atoms with van der Waals surface area (Å²) in [5.41, 5.74) is 0.684. The van der Waals surface area contributed by atoms with Gasteiger partial charge in [0.1, 0.15) is 0 Å². The molecule has 0 saturated carbocycles. The number of aliphatic hydroxyl groups is 1. The van der Waals surface area contributed by atoms with Crippen LogP contribution in [0.1, 0.15) is 16.8 Å². The Labute approximate surface area is 120 Å². The van der Waals surface area contributed by atoms with Crippen molar-refractivity contribution < 1.29 is 9.90 Å². The molecule has 0 aliphatic carbocycles. The molecule has 2 aromatic carbocycles. The molecule has 0 bridgehead atoms. The van der Waals surface area contributed by atoms with Gasteiger partial charge in [0.15, 0.2) is 0 Å². The zero-order chi connectivity index (χ0) is 13.4. The van der Waals surface area contributed by atoms with E-state index in [-0.39, 0.29) is 12.0 Å². The molecule has 0 aromatic heterocycles. The predicted molar refractivity (Wildman–Crippen MR) is 78.2 cm³/mol. The normalized spacial score (nSPS) is 19.1. The lowest BCUT2D eigenvalue weighted by Gasteiger charge is -2.15. The second-order valence-electron chi connectivity index (χ2n) is 4.90. The van der Waals surface area contributed by atoms with Gasteiger partial charge in [0, 0.05) is 23.1 Å². The van der Waals surface area contributed by atoms with Crippen molar-refractivity contribution in [3.63, 3.8) is 0 Å². The van der Waals surface area contributed by atoms with Crippen LogP contribution in [0.25, 0.3) is 10.8 Å². The quantitative estimate of drug-likeness (QED) is 0.878. The van der Waals surface area contributed by atoms with Crippen molar-refractivity contribution in [2.45, 2.75) is 12.5 Å². The van der Waals surface area contributed by atoms with Crippen LogP contribution in [-0.4, -0.2) is 35.1 Å². The fourth-order valence-corrected chi connectivity index (χ4v) is 2.84. The van der Waals surface area contributed by atoms with Crippen molar-refractivity contribution in [2.75, 3.05) is 13.1 Å². The molecule has 1 saturated heterocycles. The van der Waals surface area contributed by atoms with Gasteiger partial charge in [-0.05, 0) is 41.5 Å². The maximum Gasteiger partial charge on any atom is 0.253 e. The van der Waals surface area contributed by atoms with E-state index in [2.05, 4.69) is 15.9 Å². The Morgan fingerprint density at radius 1 is 1.21 bits per heavy atom. The molecule has 3 rings (SSSR count). The van der Waals surface area contributed by atoms with Crippen LogP contribution in [-0.2, 0) is 0 Å². The van der Waals surface area contributed by atoms with Crippen molar-refractivity contribution in [1.29, 1.82) is 0 Å². The van der Waals surface area contributed by atoms with E-state index in [4.69, 9.17) is 0 Å². The Kier molecular flexibility index (Phi) is 3.29. The minimum Gasteiger partial charge on any atom is -0.391 e. The summed E-state index contributed by atoms with van der Waals surface area (Å²) in [5, 5.41) is 11.7. The number of carbonyl (C=O) groups excluding carboxylic acids is 1. The molecule has 4 heteroatoms. The van der Waals surface area contributed by atoms with Crippen LogP contribution in [0.15, 0.2) is 40.9 Å². The summed E-state index contributed by atoms with van der Waals surface area (Å²) in [6, 6.07) is 11.7. The smallest absolute Gasteiger partial charge is 0.253 e. The fourth-order valence-electron chi connectivity index (χ4n) is 2.46. The predicted octanol–water partition coefficient (Wildman–Crippen LogP) is 2.81. The van der Waals surface area contributed by atoms with Crippen LogP contribution in [0.2, 0.25) is 0 Å². The third kappa shape index (κ3) is 2.51. The third-order valence-electron chi connectivity index (χ3n) is 3.50. The molecule has 1 aliphatic rings. The van der Waals surface area contributed by atoms with E-state index >= 15 is 0 Å². The SMILES string of the molecule is O=C(c1ccc2cc(Br)ccc2c1)N1CC[C@@H](O)C1. The van der Waals surface area contributed by atoms with Gasteiger partial charge in [-0.1, -0.05) is 28.1 Å². The number of halogens is 1. The van der Waals surface area contributed by atoms with Crippen LogP contribution in [0, 0.1) is 0 Å². The number of amides is 1. The van der Waals surface area contributed by atoms with E-state index < -0.39 is 0 Å². The zero-order valence-electron chi connectivity index (χ0n) is 10.3. The van der Waals surface area contributed by atoms with E-state index in [1.807, 2.05) is 36.4 Å². The van der Waals surface area contributed by atoms with Gasteiger partial charge in [-0.2, -0.15) is 0 Å². The maximum absolute atomic E-state index is 12.3. The number of hydrogen-bond donors (Lipinski definition) is 1. The van der Waals surface area contributed by atoms with E-state index in [1.165, 1.54) is 0 Å². The Bertz CT molecular complexity index is 641. The van der Waals surface area contributed by atoms with Gasteiger partial charge in [0.05, 0.1) is 6.10 Å². The molecule has 1 heterocycles. The summed E-state index contributed by atoms with van der Waals surface area (Å²) in [6.07, 6.45) is 0.298. The summed E-state index contributed by atoms with van der Waals surface area (Å²) in [7, 11) is 0. The van der Waals surface area contributed by atoms with Gasteiger partial charge in [-0.15, -0.1) is 0 Å². The Balaban J connectivity index is 1.92. The summed E-state index contributed by atoms with van der Waals surface area (Å²) >= 11 is 3.44. The van der Waals surface area contributed by atoms with Crippen molar-refractivity contribution >= 4 is 32.6 Å². The van der Waals surface area contributed by atoms with E-state index in [9.17, 15) is 9.90 Å². The standard InChI is InChI=1S/C15H14BrNO2/c16-13-4-3-10-7-12(2-1-11(10)8-13)15(19)17-6-5-14(18)9-17/h1-4,7-8,14,18H,5-6,9H2/t14-/m1/s1. The maximum atomic E-state index is 12.3. The first-order valence-electron chi connectivity index (χ1n) is 6.30. The molecule has 0 spiro atoms. The lowest BCUT2D eigenvalue weighted by atomic mass is 10.1. The number of hydrogen-bond acceptors (Lipinski definition) is 2. The van der Waals surface area contributed by atoms with E-state index in [0.717, 1.165) is 15.2 Å². The number of nitrogens with zero attached hydrogens (tertiary/aromatic N) is 1. The second-order valence-corrected chi connectivity index (χ2v) is 5.82. The average molecular weight is 320 g/mol. The molecule has 2 aromatic rings. The number of likely N-dealkylation sites (tertiary alicyclic amines) is 1. The number of benzene rings is 2. The molecule has 1 amide bonds. The molecule has 19 heavy (non-hydrogen) atoms. The van der Waals surface area contributed by atoms with Gasteiger partial charge >= 0.3 is 0 Å². The highest BCUT2D eigenvalue weighted by atomic mass is 79.9. The first-order valence-corrected chi connectivity index (χ1v) is 7.09. The number of fused-ring (bicyclic) bond motifs is 1. The van der Waals surface area contributed by atoms with Gasteiger partial charge in [-0.3, -0.25) is 4.79 Å². The first kappa shape index (κ1) is 12.6. The molecule has 98 valence electrons. The zero-order valence-corrected chi connectivity index (χ0v) is 11.9. The summed E-state index contributed by atoms with van der Waals surface area (Å²) in [5.74, 6) is 0.00127. The highest BCUT2D eigenvalue weighted by Crippen LogP contribution is 2.22. The Morgan fingerprint density at radius 2 is 1.95 bits per heavy atom. The van der Waals surface area contributed by atoms with Gasteiger partial charge < -0.3 is 10.0 Å². The van der Waals surface area contributed by atoms with Crippen LogP contribution in [0.4, 0.5) is 0 Å². The molecular formula is C15H14BrNO2. The first-order chi connectivity index (χ1) is 9.13. The topological polar surface area (TPSA) is 40.5 Å². The highest BCUT2D eigenvalue weighted by Gasteiger charge is 2.25. The average Bonchev–Trinajstić information content (AvgIpc) is 2.84. The van der Waals surface area contributed by atoms with Crippen LogP contribution in [0.3, 0.4) is 0 Å². The van der Waals surface area contributed by atoms with Crippen molar-refractivity contribution in [3.8, 4) is 0 Å². The van der Waals surface area contributed by atoms with Crippen molar-refractivity contribution in [1.82, 2.24) is 4.90 Å². The minimum absolute atomic E-state index is 0.00127. The summed E-state index contributed by atoms with van der Waals surface area (Å²) in [4.78, 5) is 14.0. The lowest BCUT2D eigenvalue weighted by Crippen LogP contribution is -2.29. The minimum atomic E-state index is -0.375. The number of β-amino-alcohol motifs (C(OH)–C–C–N with tert-alkyl or cyclic N) is 1. The summed E-state index contributed by atoms with van der Waals surface area (Å²) in [6.45, 7) is 1.08. The van der Waals surface area contributed by atoms with Crippen molar-refractivity contribution in [2.24, 2.45) is 0 Å². The van der Waals surface area contributed by atoms with E-state index in [1.54, 1.807) is 4.90 Å². The molecular weight excluding hydrogens is 306 g/mol. The Morgan fingerprint density at radius 3 is 2.68 bits per heavy atom. The molecule has 0 unspecified atom stereocenters. The van der Waals surface area contributed by atoms with Gasteiger partial charge in [0.2, 0.25) is 0 Å². The fraction of sp³-hybridized carbons (Fsp3) is 0.267. The summed E-state index contributed by atoms with van der Waals surface area (Å²) < 4.78 is 1.03. The second kappa shape index (κ2) is 4.94. The molecule has 1 N–H and O–H groups in total. The van der Waals surface area contributed by atoms with Gasteiger partial charge in [0.25, 0.3) is 5.91 Å². The number of carbonyl (C=O) groups is 1. The Hall–Kier alpha value is -1.39. The lowest BCUT2D eigenvalue weighted by molar-refractivity contribution is 0.0765. The van der Waals surface area contributed by atoms with E-state index in [0.29, 0.717) is 25.1 Å². The highest BCUT2D eigenvalue weighted by molar-refractivity contribution is 9.10. The van der Waals surface area contributed by atoms with Crippen LogP contribution in [0.5, 0.6) is 0 Å².